The molecule has 5 atom stereocenters. The zero-order valence-corrected chi connectivity index (χ0v) is 22.2. The van der Waals surface area contributed by atoms with Crippen LogP contribution in [0, 0.1) is 35.5 Å². The highest BCUT2D eigenvalue weighted by Gasteiger charge is 2.47. The van der Waals surface area contributed by atoms with E-state index in [1.807, 2.05) is 0 Å². The summed E-state index contributed by atoms with van der Waals surface area (Å²) in [4.78, 5) is 5.28. The molecule has 0 saturated heterocycles. The Hall–Kier alpha value is -1.70. The number of nitrogens with zero attached hydrogens (tertiary/aromatic N) is 2. The second kappa shape index (κ2) is 9.65. The minimum absolute atomic E-state index is 0.151. The maximum atomic E-state index is 2.67. The molecule has 0 fully saturated rings. The van der Waals surface area contributed by atoms with Gasteiger partial charge in [0, 0.05) is 36.0 Å². The van der Waals surface area contributed by atoms with Gasteiger partial charge >= 0.3 is 0 Å². The van der Waals surface area contributed by atoms with E-state index in [0.717, 1.165) is 13.1 Å². The highest BCUT2D eigenvalue weighted by Crippen LogP contribution is 2.46. The van der Waals surface area contributed by atoms with Gasteiger partial charge in [-0.05, 0) is 61.9 Å². The van der Waals surface area contributed by atoms with E-state index in [1.165, 1.54) is 12.0 Å². The minimum atomic E-state index is 0.151. The van der Waals surface area contributed by atoms with Crippen LogP contribution in [0.4, 0.5) is 0 Å². The summed E-state index contributed by atoms with van der Waals surface area (Å²) in [7, 11) is 0. The molecule has 0 spiro atoms. The second-order valence-electron chi connectivity index (χ2n) is 11.8. The number of hydrogen-bond donors (Lipinski definition) is 0. The predicted molar refractivity (Wildman–Crippen MR) is 139 cm³/mol. The molecule has 1 aromatic carbocycles. The molecule has 0 N–H and O–H groups in total. The first-order chi connectivity index (χ1) is 15.0. The van der Waals surface area contributed by atoms with Crippen molar-refractivity contribution in [3.63, 3.8) is 0 Å². The van der Waals surface area contributed by atoms with Crippen LogP contribution in [-0.2, 0) is 6.54 Å². The molecule has 1 aromatic rings. The lowest BCUT2D eigenvalue weighted by molar-refractivity contribution is 0.0397. The fraction of sp³-hybridized carbons (Fsp3) is 0.667. The lowest BCUT2D eigenvalue weighted by Gasteiger charge is -2.48. The highest BCUT2D eigenvalue weighted by atomic mass is 15.2. The molecule has 2 heterocycles. The molecule has 0 bridgehead atoms. The van der Waals surface area contributed by atoms with Crippen LogP contribution in [0.3, 0.4) is 0 Å². The van der Waals surface area contributed by atoms with Crippen molar-refractivity contribution in [2.24, 2.45) is 35.5 Å². The van der Waals surface area contributed by atoms with Gasteiger partial charge in [-0.3, -0.25) is 0 Å². The van der Waals surface area contributed by atoms with Crippen LogP contribution in [0.15, 0.2) is 54.9 Å². The molecular formula is C30H48N2. The van der Waals surface area contributed by atoms with Gasteiger partial charge in [-0.25, -0.2) is 0 Å². The molecule has 2 nitrogen and oxygen atoms in total. The molecular weight excluding hydrogens is 388 g/mol. The Bertz CT molecular complexity index is 792. The Labute approximate surface area is 198 Å². The van der Waals surface area contributed by atoms with Crippen molar-refractivity contribution in [1.29, 1.82) is 0 Å². The summed E-state index contributed by atoms with van der Waals surface area (Å²) in [5, 5.41) is 0. The topological polar surface area (TPSA) is 6.48 Å². The number of hydrogen-bond acceptors (Lipinski definition) is 2. The third-order valence-corrected chi connectivity index (χ3v) is 9.22. The Morgan fingerprint density at radius 1 is 0.750 bits per heavy atom. The van der Waals surface area contributed by atoms with Crippen LogP contribution in [0.2, 0.25) is 0 Å². The monoisotopic (exact) mass is 436 g/mol. The van der Waals surface area contributed by atoms with E-state index in [2.05, 4.69) is 127 Å². The van der Waals surface area contributed by atoms with Gasteiger partial charge in [-0.15, -0.1) is 0 Å². The smallest absolute Gasteiger partial charge is 0.0460 e. The van der Waals surface area contributed by atoms with Gasteiger partial charge in [0.2, 0.25) is 0 Å². The summed E-state index contributed by atoms with van der Waals surface area (Å²) in [5.41, 5.74) is 1.77. The minimum Gasteiger partial charge on any atom is -0.371 e. The lowest BCUT2D eigenvalue weighted by atomic mass is 9.70. The van der Waals surface area contributed by atoms with Crippen LogP contribution < -0.4 is 0 Å². The molecule has 178 valence electrons. The van der Waals surface area contributed by atoms with Gasteiger partial charge in [0.25, 0.3) is 0 Å². The summed E-state index contributed by atoms with van der Waals surface area (Å²) in [6, 6.07) is 10.9. The van der Waals surface area contributed by atoms with Crippen molar-refractivity contribution in [2.45, 2.75) is 86.4 Å². The first-order valence-corrected chi connectivity index (χ1v) is 13.0. The SMILES string of the molecule is CC(C)C1C=CN(CCC(C)C2C=CN(Cc3ccccc3)[C@@]2(C)C(C)C)[C@@]1(C)C(C)C. The molecule has 2 aliphatic rings. The van der Waals surface area contributed by atoms with Crippen molar-refractivity contribution < 1.29 is 0 Å². The molecule has 0 amide bonds. The molecule has 3 rings (SSSR count). The fourth-order valence-electron chi connectivity index (χ4n) is 6.42. The summed E-state index contributed by atoms with van der Waals surface area (Å²) in [6.45, 7) is 23.9. The van der Waals surface area contributed by atoms with Gasteiger partial charge in [0.05, 0.1) is 0 Å². The van der Waals surface area contributed by atoms with E-state index >= 15 is 0 Å². The second-order valence-corrected chi connectivity index (χ2v) is 11.8. The quantitative estimate of drug-likeness (QED) is 0.393. The predicted octanol–water partition coefficient (Wildman–Crippen LogP) is 7.59. The van der Waals surface area contributed by atoms with Crippen molar-refractivity contribution in [2.75, 3.05) is 6.54 Å². The van der Waals surface area contributed by atoms with E-state index in [0.29, 0.717) is 35.5 Å². The van der Waals surface area contributed by atoms with Crippen molar-refractivity contribution >= 4 is 0 Å². The maximum absolute atomic E-state index is 2.67. The van der Waals surface area contributed by atoms with Crippen molar-refractivity contribution in [3.05, 3.63) is 60.4 Å². The molecule has 3 unspecified atom stereocenters. The van der Waals surface area contributed by atoms with Crippen LogP contribution in [-0.4, -0.2) is 27.4 Å². The van der Waals surface area contributed by atoms with E-state index in [9.17, 15) is 0 Å². The van der Waals surface area contributed by atoms with Gasteiger partial charge in [-0.1, -0.05) is 91.0 Å². The zero-order chi connectivity index (χ0) is 23.7. The first kappa shape index (κ1) is 24.9. The summed E-state index contributed by atoms with van der Waals surface area (Å²) in [6.07, 6.45) is 11.0. The Balaban J connectivity index is 1.71. The average Bonchev–Trinajstić information content (AvgIpc) is 3.26. The highest BCUT2D eigenvalue weighted by molar-refractivity contribution is 5.20. The van der Waals surface area contributed by atoms with Gasteiger partial charge < -0.3 is 9.80 Å². The zero-order valence-electron chi connectivity index (χ0n) is 22.2. The van der Waals surface area contributed by atoms with Gasteiger partial charge in [0.1, 0.15) is 0 Å². The maximum Gasteiger partial charge on any atom is 0.0460 e. The normalized spacial score (nSPS) is 31.0. The molecule has 2 aliphatic heterocycles. The molecule has 0 saturated carbocycles. The molecule has 0 aliphatic carbocycles. The number of rotatable bonds is 9. The van der Waals surface area contributed by atoms with Crippen LogP contribution in [0.1, 0.15) is 74.3 Å². The largest absolute Gasteiger partial charge is 0.371 e. The molecule has 0 radical (unpaired) electrons. The van der Waals surface area contributed by atoms with Gasteiger partial charge in [0.15, 0.2) is 0 Å². The third-order valence-electron chi connectivity index (χ3n) is 9.22. The summed E-state index contributed by atoms with van der Waals surface area (Å²) < 4.78 is 0. The fourth-order valence-corrected chi connectivity index (χ4v) is 6.42. The summed E-state index contributed by atoms with van der Waals surface area (Å²) >= 11 is 0. The van der Waals surface area contributed by atoms with Crippen LogP contribution in [0.5, 0.6) is 0 Å². The van der Waals surface area contributed by atoms with E-state index in [1.54, 1.807) is 0 Å². The van der Waals surface area contributed by atoms with E-state index in [-0.39, 0.29) is 11.1 Å². The van der Waals surface area contributed by atoms with Crippen molar-refractivity contribution in [3.8, 4) is 0 Å². The first-order valence-electron chi connectivity index (χ1n) is 13.0. The molecule has 32 heavy (non-hydrogen) atoms. The average molecular weight is 437 g/mol. The van der Waals surface area contributed by atoms with Crippen molar-refractivity contribution in [1.82, 2.24) is 9.80 Å². The Kier molecular flexibility index (Phi) is 7.52. The van der Waals surface area contributed by atoms with E-state index in [4.69, 9.17) is 0 Å². The van der Waals surface area contributed by atoms with Crippen LogP contribution >= 0.6 is 0 Å². The molecule has 2 heteroatoms. The van der Waals surface area contributed by atoms with Crippen LogP contribution in [0.25, 0.3) is 0 Å². The van der Waals surface area contributed by atoms with E-state index < -0.39 is 0 Å². The summed E-state index contributed by atoms with van der Waals surface area (Å²) in [5.74, 6) is 3.74. The third kappa shape index (κ3) is 4.39. The Morgan fingerprint density at radius 3 is 1.84 bits per heavy atom. The molecule has 0 aromatic heterocycles. The number of benzene rings is 1. The Morgan fingerprint density at radius 2 is 1.28 bits per heavy atom. The standard InChI is InChI=1S/C30H48N2/c1-22(2)27-16-19-31(29(27,8)23(3)4)18-15-25(7)28-17-20-32(30(28,9)24(5)6)21-26-13-11-10-12-14-26/h10-14,16-17,19-20,22-25,27-28H,15,18,21H2,1-9H3/t25?,27?,28?,29-,30-/m0/s1. The van der Waals surface area contributed by atoms with Gasteiger partial charge in [-0.2, -0.15) is 0 Å². The lowest BCUT2D eigenvalue weighted by Crippen LogP contribution is -2.52.